The lowest BCUT2D eigenvalue weighted by Crippen LogP contribution is -2.34. The van der Waals surface area contributed by atoms with Crippen molar-refractivity contribution >= 4 is 38.3 Å². The number of benzene rings is 3. The highest BCUT2D eigenvalue weighted by atomic mass is 32.2. The van der Waals surface area contributed by atoms with Crippen molar-refractivity contribution in [2.75, 3.05) is 17.7 Å². The van der Waals surface area contributed by atoms with Gasteiger partial charge in [-0.15, -0.1) is 4.41 Å². The monoisotopic (exact) mass is 562 g/mol. The Balaban J connectivity index is 1.44. The zero-order valence-electron chi connectivity index (χ0n) is 22.5. The van der Waals surface area contributed by atoms with E-state index in [0.717, 1.165) is 26.3 Å². The fourth-order valence-electron chi connectivity index (χ4n) is 4.37. The quantitative estimate of drug-likeness (QED) is 0.260. The van der Waals surface area contributed by atoms with Crippen molar-refractivity contribution in [2.45, 2.75) is 32.7 Å². The highest BCUT2D eigenvalue weighted by Gasteiger charge is 2.28. The van der Waals surface area contributed by atoms with E-state index >= 15 is 0 Å². The summed E-state index contributed by atoms with van der Waals surface area (Å²) >= 11 is 0. The highest BCUT2D eigenvalue weighted by molar-refractivity contribution is 7.92. The molecule has 0 aliphatic carbocycles. The maximum atomic E-state index is 13.2. The van der Waals surface area contributed by atoms with Gasteiger partial charge in [-0.1, -0.05) is 57.2 Å². The van der Waals surface area contributed by atoms with Crippen LogP contribution in [0.2, 0.25) is 0 Å². The third-order valence-electron chi connectivity index (χ3n) is 6.36. The number of amides is 2. The van der Waals surface area contributed by atoms with E-state index in [2.05, 4.69) is 16.1 Å². The number of hydrazine groups is 1. The lowest BCUT2D eigenvalue weighted by atomic mass is 9.92. The Morgan fingerprint density at radius 2 is 1.77 bits per heavy atom. The number of aliphatic hydroxyl groups excluding tert-OH is 1. The van der Waals surface area contributed by atoms with Gasteiger partial charge < -0.3 is 15.2 Å². The first-order valence-electron chi connectivity index (χ1n) is 12.5. The fraction of sp³-hybridized carbons (Fsp3) is 0.214. The molecule has 3 aromatic carbocycles. The lowest BCUT2D eigenvalue weighted by molar-refractivity contribution is 0.262. The summed E-state index contributed by atoms with van der Waals surface area (Å²) in [5.74, 6) is 0.695. The van der Waals surface area contributed by atoms with Gasteiger partial charge >= 0.3 is 6.03 Å². The number of aromatic nitrogens is 2. The number of carbonyl (C=O) groups excluding carboxylic acids is 1. The Labute approximate surface area is 232 Å². The third kappa shape index (κ3) is 5.44. The van der Waals surface area contributed by atoms with Crippen LogP contribution in [0.1, 0.15) is 32.0 Å². The Hall–Kier alpha value is -4.55. The zero-order valence-corrected chi connectivity index (χ0v) is 23.3. The van der Waals surface area contributed by atoms with E-state index in [1.54, 1.807) is 42.1 Å². The largest absolute Gasteiger partial charge is 0.496 e. The van der Waals surface area contributed by atoms with Crippen molar-refractivity contribution in [1.82, 2.24) is 19.6 Å². The third-order valence-corrected chi connectivity index (χ3v) is 7.72. The molecule has 4 aromatic rings. The van der Waals surface area contributed by atoms with E-state index in [-0.39, 0.29) is 12.0 Å². The van der Waals surface area contributed by atoms with Gasteiger partial charge in [-0.05, 0) is 29.8 Å². The number of urea groups is 1. The summed E-state index contributed by atoms with van der Waals surface area (Å²) in [6.07, 6.45) is 0. The number of rotatable bonds is 6. The SMILES string of the molecule is COc1ccc(NC(=O)Nc2cc(C(C)(C)C)nn2-c2cccc(CN3NC(O)=CS3(=O)=O)c2)c2ccccc12. The van der Waals surface area contributed by atoms with Crippen LogP contribution in [0.25, 0.3) is 16.5 Å². The Morgan fingerprint density at radius 3 is 2.45 bits per heavy atom. The molecule has 208 valence electrons. The molecule has 0 fully saturated rings. The summed E-state index contributed by atoms with van der Waals surface area (Å²) in [5.41, 5.74) is 4.75. The van der Waals surface area contributed by atoms with E-state index in [1.807, 2.05) is 57.2 Å². The molecule has 11 nitrogen and oxygen atoms in total. The van der Waals surface area contributed by atoms with Crippen LogP contribution in [0.5, 0.6) is 5.75 Å². The predicted octanol–water partition coefficient (Wildman–Crippen LogP) is 4.98. The fourth-order valence-corrected chi connectivity index (χ4v) is 5.38. The number of ether oxygens (including phenoxy) is 1. The minimum absolute atomic E-state index is 0.0298. The number of nitrogens with one attached hydrogen (secondary N) is 3. The van der Waals surface area contributed by atoms with Crippen molar-refractivity contribution in [1.29, 1.82) is 0 Å². The molecule has 2 amide bonds. The van der Waals surface area contributed by atoms with Crippen LogP contribution in [-0.2, 0) is 22.0 Å². The second kappa shape index (κ2) is 10.2. The first kappa shape index (κ1) is 27.0. The number of sulfonamides is 1. The number of hydrogen-bond donors (Lipinski definition) is 4. The van der Waals surface area contributed by atoms with Gasteiger partial charge in [0.2, 0.25) is 5.88 Å². The number of hydrogen-bond acceptors (Lipinski definition) is 7. The van der Waals surface area contributed by atoms with E-state index < -0.39 is 21.9 Å². The van der Waals surface area contributed by atoms with Crippen molar-refractivity contribution in [3.8, 4) is 11.4 Å². The van der Waals surface area contributed by atoms with Gasteiger partial charge in [0, 0.05) is 22.3 Å². The molecule has 0 spiro atoms. The lowest BCUT2D eigenvalue weighted by Gasteiger charge is -2.16. The van der Waals surface area contributed by atoms with Crippen molar-refractivity contribution in [2.24, 2.45) is 0 Å². The first-order chi connectivity index (χ1) is 18.9. The van der Waals surface area contributed by atoms with Gasteiger partial charge in [0.05, 0.1) is 30.7 Å². The molecule has 1 aliphatic rings. The molecule has 2 heterocycles. The maximum absolute atomic E-state index is 13.2. The predicted molar refractivity (Wildman–Crippen MR) is 154 cm³/mol. The highest BCUT2D eigenvalue weighted by Crippen LogP contribution is 2.32. The molecule has 0 radical (unpaired) electrons. The minimum Gasteiger partial charge on any atom is -0.496 e. The number of methoxy groups -OCH3 is 1. The van der Waals surface area contributed by atoms with Crippen LogP contribution in [-0.4, -0.2) is 40.9 Å². The molecule has 4 N–H and O–H groups in total. The minimum atomic E-state index is -3.79. The summed E-state index contributed by atoms with van der Waals surface area (Å²) in [5, 5.41) is 22.7. The standard InChI is InChI=1S/C28H30N6O5S/c1-28(2,3)24-15-25(30-27(36)29-22-12-13-23(39-4)21-11-6-5-10-20(21)22)34(31-24)19-9-7-8-18(14-19)16-33-32-26(35)17-40(33,37)38/h5-15,17,32,35H,16H2,1-4H3,(H2,29,30,36). The number of anilines is 2. The van der Waals surface area contributed by atoms with Gasteiger partial charge in [0.15, 0.2) is 0 Å². The summed E-state index contributed by atoms with van der Waals surface area (Å²) in [6, 6.07) is 19.7. The number of carbonyl (C=O) groups is 1. The van der Waals surface area contributed by atoms with Crippen LogP contribution in [0.15, 0.2) is 78.0 Å². The zero-order chi connectivity index (χ0) is 28.7. The smallest absolute Gasteiger partial charge is 0.324 e. The van der Waals surface area contributed by atoms with Crippen molar-refractivity contribution in [3.05, 3.63) is 89.3 Å². The number of nitrogens with zero attached hydrogens (tertiary/aromatic N) is 3. The average molecular weight is 563 g/mol. The molecule has 40 heavy (non-hydrogen) atoms. The van der Waals surface area contributed by atoms with Gasteiger partial charge in [0.1, 0.15) is 17.0 Å². The Morgan fingerprint density at radius 1 is 1.02 bits per heavy atom. The molecular weight excluding hydrogens is 532 g/mol. The van der Waals surface area contributed by atoms with Gasteiger partial charge in [0.25, 0.3) is 10.0 Å². The molecule has 0 unspecified atom stereocenters. The first-order valence-corrected chi connectivity index (χ1v) is 14.0. The van der Waals surface area contributed by atoms with Crippen LogP contribution >= 0.6 is 0 Å². The summed E-state index contributed by atoms with van der Waals surface area (Å²) in [7, 11) is -2.18. The number of aliphatic hydroxyl groups is 1. The second-order valence-electron chi connectivity index (χ2n) is 10.4. The molecule has 0 atom stereocenters. The van der Waals surface area contributed by atoms with Crippen molar-refractivity contribution in [3.63, 3.8) is 0 Å². The molecule has 5 rings (SSSR count). The van der Waals surface area contributed by atoms with Gasteiger partial charge in [-0.3, -0.25) is 10.7 Å². The van der Waals surface area contributed by atoms with Gasteiger partial charge in [-0.25, -0.2) is 17.9 Å². The van der Waals surface area contributed by atoms with Crippen LogP contribution in [0.3, 0.4) is 0 Å². The van der Waals surface area contributed by atoms with E-state index in [4.69, 9.17) is 9.84 Å². The molecule has 0 bridgehead atoms. The molecule has 12 heteroatoms. The van der Waals surface area contributed by atoms with Crippen molar-refractivity contribution < 1.29 is 23.1 Å². The Kier molecular flexibility index (Phi) is 6.90. The summed E-state index contributed by atoms with van der Waals surface area (Å²) < 4.78 is 32.5. The summed E-state index contributed by atoms with van der Waals surface area (Å²) in [6.45, 7) is 6.03. The van der Waals surface area contributed by atoms with E-state index in [0.29, 0.717) is 28.5 Å². The van der Waals surface area contributed by atoms with E-state index in [1.165, 1.54) is 0 Å². The van der Waals surface area contributed by atoms with Crippen LogP contribution in [0.4, 0.5) is 16.3 Å². The topological polar surface area (TPSA) is 138 Å². The normalized spacial score (nSPS) is 14.9. The van der Waals surface area contributed by atoms with Gasteiger partial charge in [-0.2, -0.15) is 5.10 Å². The number of fused-ring (bicyclic) bond motifs is 1. The maximum Gasteiger partial charge on any atom is 0.324 e. The van der Waals surface area contributed by atoms with Crippen LogP contribution in [0, 0.1) is 0 Å². The van der Waals surface area contributed by atoms with Crippen LogP contribution < -0.4 is 20.8 Å². The second-order valence-corrected chi connectivity index (χ2v) is 12.1. The van der Waals surface area contributed by atoms with E-state index in [9.17, 15) is 18.3 Å². The molecule has 1 aromatic heterocycles. The molecule has 0 saturated carbocycles. The molecule has 1 aliphatic heterocycles. The Bertz CT molecular complexity index is 1740. The average Bonchev–Trinajstić information content (AvgIpc) is 3.43. The molecule has 0 saturated heterocycles. The molecular formula is C28H30N6O5S. The summed E-state index contributed by atoms with van der Waals surface area (Å²) in [4.78, 5) is 13.2.